The number of rotatable bonds is 4. The summed E-state index contributed by atoms with van der Waals surface area (Å²) in [6, 6.07) is 3.56. The lowest BCUT2D eigenvalue weighted by Crippen LogP contribution is -2.61. The molecule has 0 aliphatic heterocycles. The fourth-order valence-electron chi connectivity index (χ4n) is 2.45. The summed E-state index contributed by atoms with van der Waals surface area (Å²) < 4.78 is 27.3. The summed E-state index contributed by atoms with van der Waals surface area (Å²) in [5.74, 6) is 0. The first-order valence-electron chi connectivity index (χ1n) is 6.52. The smallest absolute Gasteiger partial charge is 0.273 e. The maximum absolute atomic E-state index is 12.4. The van der Waals surface area contributed by atoms with E-state index in [1.807, 2.05) is 0 Å². The Balaban J connectivity index is 2.34. The van der Waals surface area contributed by atoms with Gasteiger partial charge in [0.15, 0.2) is 0 Å². The lowest BCUT2D eigenvalue weighted by molar-refractivity contribution is -0.385. The first-order chi connectivity index (χ1) is 9.57. The van der Waals surface area contributed by atoms with Crippen LogP contribution in [0.15, 0.2) is 23.1 Å². The van der Waals surface area contributed by atoms with Gasteiger partial charge in [-0.3, -0.25) is 10.1 Å². The van der Waals surface area contributed by atoms with Crippen LogP contribution in [0.2, 0.25) is 0 Å². The molecule has 2 unspecified atom stereocenters. The number of nitro benzene ring substituents is 1. The Morgan fingerprint density at radius 3 is 2.52 bits per heavy atom. The fourth-order valence-corrected chi connectivity index (χ4v) is 4.11. The van der Waals surface area contributed by atoms with Gasteiger partial charge >= 0.3 is 0 Å². The molecule has 1 aromatic carbocycles. The van der Waals surface area contributed by atoms with E-state index in [0.717, 1.165) is 0 Å². The second kappa shape index (κ2) is 5.04. The molecular weight excluding hydrogens is 296 g/mol. The van der Waals surface area contributed by atoms with E-state index >= 15 is 0 Å². The number of aliphatic hydroxyl groups excluding tert-OH is 1. The molecule has 0 bridgehead atoms. The topological polar surface area (TPSA) is 110 Å². The zero-order valence-corrected chi connectivity index (χ0v) is 12.8. The highest BCUT2D eigenvalue weighted by molar-refractivity contribution is 7.89. The summed E-state index contributed by atoms with van der Waals surface area (Å²) >= 11 is 0. The number of benzene rings is 1. The van der Waals surface area contributed by atoms with Crippen LogP contribution in [0.4, 0.5) is 5.69 Å². The third kappa shape index (κ3) is 2.66. The maximum atomic E-state index is 12.4. The van der Waals surface area contributed by atoms with E-state index in [4.69, 9.17) is 0 Å². The van der Waals surface area contributed by atoms with Crippen molar-refractivity contribution in [1.29, 1.82) is 0 Å². The minimum Gasteiger partial charge on any atom is -0.392 e. The van der Waals surface area contributed by atoms with Gasteiger partial charge in [0, 0.05) is 23.1 Å². The number of hydrogen-bond acceptors (Lipinski definition) is 5. The highest BCUT2D eigenvalue weighted by atomic mass is 32.2. The Morgan fingerprint density at radius 1 is 1.43 bits per heavy atom. The zero-order chi connectivity index (χ0) is 16.0. The number of hydrogen-bond donors (Lipinski definition) is 2. The van der Waals surface area contributed by atoms with Crippen LogP contribution in [0.25, 0.3) is 0 Å². The van der Waals surface area contributed by atoms with Crippen molar-refractivity contribution in [1.82, 2.24) is 4.72 Å². The molecule has 0 heterocycles. The summed E-state index contributed by atoms with van der Waals surface area (Å²) in [6.45, 7) is 4.96. The van der Waals surface area contributed by atoms with Crippen LogP contribution in [0.5, 0.6) is 0 Å². The van der Waals surface area contributed by atoms with Gasteiger partial charge in [0.1, 0.15) is 0 Å². The Hall–Kier alpha value is -1.51. The monoisotopic (exact) mass is 314 g/mol. The van der Waals surface area contributed by atoms with Crippen molar-refractivity contribution >= 4 is 15.7 Å². The summed E-state index contributed by atoms with van der Waals surface area (Å²) in [5.41, 5.74) is -0.680. The average molecular weight is 314 g/mol. The minimum atomic E-state index is -3.87. The van der Waals surface area contributed by atoms with Crippen LogP contribution >= 0.6 is 0 Å². The number of nitrogens with zero attached hydrogens (tertiary/aromatic N) is 1. The van der Waals surface area contributed by atoms with Gasteiger partial charge in [-0.15, -0.1) is 0 Å². The highest BCUT2D eigenvalue weighted by Crippen LogP contribution is 2.41. The van der Waals surface area contributed by atoms with E-state index in [9.17, 15) is 23.6 Å². The third-order valence-electron chi connectivity index (χ3n) is 4.26. The third-order valence-corrected chi connectivity index (χ3v) is 5.87. The van der Waals surface area contributed by atoms with Crippen molar-refractivity contribution in [2.24, 2.45) is 5.41 Å². The second-order valence-electron chi connectivity index (χ2n) is 5.90. The molecule has 0 radical (unpaired) electrons. The van der Waals surface area contributed by atoms with Gasteiger partial charge in [0.05, 0.1) is 15.9 Å². The summed E-state index contributed by atoms with van der Waals surface area (Å²) in [6.07, 6.45) is -0.225. The van der Waals surface area contributed by atoms with E-state index < -0.39 is 32.5 Å². The predicted octanol–water partition coefficient (Wildman–Crippen LogP) is 1.34. The lowest BCUT2D eigenvalue weighted by Gasteiger charge is -2.49. The SMILES string of the molecule is Cc1c([N+](=O)[O-])cccc1S(=O)(=O)NC1CC(O)C1(C)C. The van der Waals surface area contributed by atoms with E-state index in [1.54, 1.807) is 13.8 Å². The molecule has 2 N–H and O–H groups in total. The predicted molar refractivity (Wildman–Crippen MR) is 76.3 cm³/mol. The van der Waals surface area contributed by atoms with Crippen LogP contribution in [0.3, 0.4) is 0 Å². The van der Waals surface area contributed by atoms with Gasteiger partial charge in [-0.05, 0) is 19.4 Å². The Bertz CT molecular complexity index is 684. The average Bonchev–Trinajstić information content (AvgIpc) is 2.37. The molecule has 1 aliphatic carbocycles. The molecule has 1 aliphatic rings. The Kier molecular flexibility index (Phi) is 3.81. The first-order valence-corrected chi connectivity index (χ1v) is 8.00. The van der Waals surface area contributed by atoms with E-state index in [1.165, 1.54) is 25.1 Å². The molecule has 1 saturated carbocycles. The van der Waals surface area contributed by atoms with Crippen molar-refractivity contribution in [2.75, 3.05) is 0 Å². The van der Waals surface area contributed by atoms with Crippen molar-refractivity contribution in [3.05, 3.63) is 33.9 Å². The van der Waals surface area contributed by atoms with E-state index in [2.05, 4.69) is 4.72 Å². The number of nitro groups is 1. The van der Waals surface area contributed by atoms with Gasteiger partial charge < -0.3 is 5.11 Å². The summed E-state index contributed by atoms with van der Waals surface area (Å²) in [7, 11) is -3.87. The van der Waals surface area contributed by atoms with Crippen molar-refractivity contribution in [2.45, 2.75) is 44.2 Å². The van der Waals surface area contributed by atoms with Gasteiger partial charge in [-0.2, -0.15) is 0 Å². The standard InChI is InChI=1S/C13H18N2O5S/c1-8-9(15(17)18)5-4-6-10(8)21(19,20)14-11-7-12(16)13(11,2)3/h4-6,11-12,14,16H,7H2,1-3H3. The van der Waals surface area contributed by atoms with Gasteiger partial charge in [-0.1, -0.05) is 19.9 Å². The molecule has 2 atom stereocenters. The molecule has 116 valence electrons. The minimum absolute atomic E-state index is 0.103. The summed E-state index contributed by atoms with van der Waals surface area (Å²) in [5, 5.41) is 20.6. The highest BCUT2D eigenvalue weighted by Gasteiger charge is 2.49. The lowest BCUT2D eigenvalue weighted by atomic mass is 9.65. The van der Waals surface area contributed by atoms with Gasteiger partial charge in [0.25, 0.3) is 5.69 Å². The van der Waals surface area contributed by atoms with Crippen molar-refractivity contribution in [3.8, 4) is 0 Å². The molecule has 2 rings (SSSR count). The van der Waals surface area contributed by atoms with Gasteiger partial charge in [0.2, 0.25) is 10.0 Å². The molecule has 0 saturated heterocycles. The van der Waals surface area contributed by atoms with Crippen LogP contribution in [0.1, 0.15) is 25.8 Å². The number of nitrogens with one attached hydrogen (secondary N) is 1. The maximum Gasteiger partial charge on any atom is 0.273 e. The quantitative estimate of drug-likeness (QED) is 0.644. The molecule has 0 spiro atoms. The molecular formula is C13H18N2O5S. The van der Waals surface area contributed by atoms with Crippen LogP contribution < -0.4 is 4.72 Å². The summed E-state index contributed by atoms with van der Waals surface area (Å²) in [4.78, 5) is 10.2. The molecule has 1 fully saturated rings. The van der Waals surface area contributed by atoms with Crippen LogP contribution in [0, 0.1) is 22.5 Å². The number of aliphatic hydroxyl groups is 1. The Morgan fingerprint density at radius 2 is 2.05 bits per heavy atom. The van der Waals surface area contributed by atoms with Gasteiger partial charge in [-0.25, -0.2) is 13.1 Å². The Labute approximate surface area is 123 Å². The zero-order valence-electron chi connectivity index (χ0n) is 12.0. The molecule has 1 aromatic rings. The molecule has 8 heteroatoms. The molecule has 0 amide bonds. The first kappa shape index (κ1) is 15.9. The largest absolute Gasteiger partial charge is 0.392 e. The van der Waals surface area contributed by atoms with E-state index in [0.29, 0.717) is 6.42 Å². The van der Waals surface area contributed by atoms with Crippen LogP contribution in [-0.2, 0) is 10.0 Å². The molecule has 7 nitrogen and oxygen atoms in total. The van der Waals surface area contributed by atoms with Crippen LogP contribution in [-0.4, -0.2) is 30.6 Å². The van der Waals surface area contributed by atoms with Crippen molar-refractivity contribution in [3.63, 3.8) is 0 Å². The second-order valence-corrected chi connectivity index (χ2v) is 7.59. The normalized spacial score (nSPS) is 24.4. The molecule has 21 heavy (non-hydrogen) atoms. The van der Waals surface area contributed by atoms with E-state index in [-0.39, 0.29) is 16.1 Å². The van der Waals surface area contributed by atoms with Crippen molar-refractivity contribution < 1.29 is 18.4 Å². The molecule has 0 aromatic heterocycles. The number of sulfonamides is 1. The fraction of sp³-hybridized carbons (Fsp3) is 0.538.